The fourth-order valence-electron chi connectivity index (χ4n) is 3.12. The highest BCUT2D eigenvalue weighted by Crippen LogP contribution is 2.29. The normalized spacial score (nSPS) is 13.8. The Balaban J connectivity index is 1.91. The third-order valence-electron chi connectivity index (χ3n) is 5.26. The Morgan fingerprint density at radius 1 is 1.30 bits per heavy atom. The van der Waals surface area contributed by atoms with Gasteiger partial charge in [0.2, 0.25) is 0 Å². The van der Waals surface area contributed by atoms with Gasteiger partial charge in [0.25, 0.3) is 5.91 Å². The lowest BCUT2D eigenvalue weighted by atomic mass is 10.0. The van der Waals surface area contributed by atoms with E-state index >= 15 is 0 Å². The summed E-state index contributed by atoms with van der Waals surface area (Å²) < 4.78 is 43.5. The van der Waals surface area contributed by atoms with Crippen molar-refractivity contribution in [2.45, 2.75) is 24.6 Å². The number of halogens is 1. The Hall–Kier alpha value is -2.98. The first-order chi connectivity index (χ1) is 14.1. The van der Waals surface area contributed by atoms with Crippen LogP contribution in [0.3, 0.4) is 0 Å². The number of hydrogen-bond acceptors (Lipinski definition) is 6. The molecular formula is C20H22FN3O5S. The number of methoxy groups -OCH3 is 1. The number of rotatable bonds is 7. The molecule has 0 saturated heterocycles. The number of nitrogens with one attached hydrogen (secondary N) is 1. The summed E-state index contributed by atoms with van der Waals surface area (Å²) in [6.45, 7) is 1.31. The fraction of sp³-hybridized carbons (Fsp3) is 0.300. The molecule has 30 heavy (non-hydrogen) atoms. The van der Waals surface area contributed by atoms with Crippen molar-refractivity contribution in [1.29, 1.82) is 0 Å². The highest BCUT2D eigenvalue weighted by Gasteiger charge is 2.43. The molecule has 0 radical (unpaired) electrons. The van der Waals surface area contributed by atoms with Gasteiger partial charge >= 0.3 is 0 Å². The van der Waals surface area contributed by atoms with Crippen molar-refractivity contribution in [1.82, 2.24) is 15.3 Å². The molecule has 0 aliphatic heterocycles. The van der Waals surface area contributed by atoms with Crippen molar-refractivity contribution in [3.63, 3.8) is 0 Å². The number of amides is 1. The summed E-state index contributed by atoms with van der Waals surface area (Å²) in [5.41, 5.74) is 2.88. The Morgan fingerprint density at radius 3 is 2.53 bits per heavy atom. The van der Waals surface area contributed by atoms with Crippen LogP contribution in [0.2, 0.25) is 0 Å². The lowest BCUT2D eigenvalue weighted by Gasteiger charge is -2.24. The first kappa shape index (κ1) is 21.7. The highest BCUT2D eigenvalue weighted by atomic mass is 32.2. The number of hydrogen-bond donors (Lipinski definition) is 2. The maximum absolute atomic E-state index is 14.6. The van der Waals surface area contributed by atoms with Gasteiger partial charge in [-0.2, -0.15) is 5.10 Å². The molecule has 0 saturated carbocycles. The summed E-state index contributed by atoms with van der Waals surface area (Å²) in [6.07, 6.45) is 2.46. The molecule has 160 valence electrons. The van der Waals surface area contributed by atoms with Crippen LogP contribution in [0.1, 0.15) is 13.3 Å². The third kappa shape index (κ3) is 4.01. The average Bonchev–Trinajstić information content (AvgIpc) is 3.11. The predicted octanol–water partition coefficient (Wildman–Crippen LogP) is 2.55. The Labute approximate surface area is 173 Å². The molecule has 0 spiro atoms. The molecule has 3 aromatic rings. The van der Waals surface area contributed by atoms with Crippen LogP contribution in [0.4, 0.5) is 4.39 Å². The third-order valence-corrected chi connectivity index (χ3v) is 7.29. The summed E-state index contributed by atoms with van der Waals surface area (Å²) in [4.78, 5) is 11.9. The van der Waals surface area contributed by atoms with E-state index in [2.05, 4.69) is 5.10 Å². The van der Waals surface area contributed by atoms with Crippen LogP contribution < -0.4 is 10.2 Å². The van der Waals surface area contributed by atoms with E-state index in [0.29, 0.717) is 27.8 Å². The second-order valence-corrected chi connectivity index (χ2v) is 9.65. The summed E-state index contributed by atoms with van der Waals surface area (Å²) >= 11 is 0. The summed E-state index contributed by atoms with van der Waals surface area (Å²) in [5.74, 6) is -0.804. The number of benzene rings is 2. The minimum Gasteiger partial charge on any atom is -0.497 e. The minimum absolute atomic E-state index is 0.0746. The summed E-state index contributed by atoms with van der Waals surface area (Å²) in [5, 5.41) is 13.8. The molecule has 0 bridgehead atoms. The highest BCUT2D eigenvalue weighted by molar-refractivity contribution is 7.92. The van der Waals surface area contributed by atoms with Crippen LogP contribution in [0.5, 0.6) is 5.75 Å². The van der Waals surface area contributed by atoms with E-state index in [1.807, 2.05) is 0 Å². The van der Waals surface area contributed by atoms with Gasteiger partial charge in [-0.3, -0.25) is 14.7 Å². The van der Waals surface area contributed by atoms with Gasteiger partial charge in [0.15, 0.2) is 14.6 Å². The Morgan fingerprint density at radius 2 is 1.97 bits per heavy atom. The second kappa shape index (κ2) is 8.04. The van der Waals surface area contributed by atoms with Gasteiger partial charge in [-0.25, -0.2) is 18.3 Å². The van der Waals surface area contributed by atoms with Gasteiger partial charge in [0.1, 0.15) is 11.6 Å². The zero-order chi connectivity index (χ0) is 22.1. The first-order valence-electron chi connectivity index (χ1n) is 9.04. The van der Waals surface area contributed by atoms with Crippen LogP contribution >= 0.6 is 0 Å². The topological polar surface area (TPSA) is 111 Å². The van der Waals surface area contributed by atoms with Gasteiger partial charge < -0.3 is 4.74 Å². The van der Waals surface area contributed by atoms with E-state index < -0.39 is 26.3 Å². The Bertz CT molecular complexity index is 1190. The number of aromatic nitrogens is 2. The van der Waals surface area contributed by atoms with Crippen molar-refractivity contribution in [2.24, 2.45) is 0 Å². The average molecular weight is 435 g/mol. The minimum atomic E-state index is -3.81. The van der Waals surface area contributed by atoms with Crippen LogP contribution in [-0.4, -0.2) is 47.4 Å². The lowest BCUT2D eigenvalue weighted by Crippen LogP contribution is -2.49. The van der Waals surface area contributed by atoms with E-state index in [0.717, 1.165) is 6.26 Å². The van der Waals surface area contributed by atoms with Gasteiger partial charge in [0.05, 0.1) is 12.6 Å². The number of carbonyl (C=O) groups is 1. The molecule has 0 aliphatic carbocycles. The van der Waals surface area contributed by atoms with Crippen molar-refractivity contribution >= 4 is 26.6 Å². The molecule has 1 atom stereocenters. The molecule has 8 nitrogen and oxygen atoms in total. The van der Waals surface area contributed by atoms with Crippen molar-refractivity contribution in [2.75, 3.05) is 13.4 Å². The fourth-order valence-corrected chi connectivity index (χ4v) is 3.96. The van der Waals surface area contributed by atoms with E-state index in [-0.39, 0.29) is 13.0 Å². The quantitative estimate of drug-likeness (QED) is 0.436. The number of sulfone groups is 1. The van der Waals surface area contributed by atoms with Crippen LogP contribution in [0.15, 0.2) is 42.6 Å². The SMILES string of the molecule is COc1ccc(-c2cc3cn(CC[C@](C)(C(=O)NO)S(C)(=O)=O)nc3cc2F)cc1. The molecule has 3 rings (SSSR count). The van der Waals surface area contributed by atoms with Crippen molar-refractivity contribution < 1.29 is 27.5 Å². The van der Waals surface area contributed by atoms with Gasteiger partial charge in [-0.15, -0.1) is 0 Å². The summed E-state index contributed by atoms with van der Waals surface area (Å²) in [7, 11) is -2.26. The van der Waals surface area contributed by atoms with E-state index in [1.54, 1.807) is 43.6 Å². The smallest absolute Gasteiger partial charge is 0.264 e. The van der Waals surface area contributed by atoms with E-state index in [4.69, 9.17) is 9.94 Å². The largest absolute Gasteiger partial charge is 0.497 e. The van der Waals surface area contributed by atoms with Crippen LogP contribution in [0.25, 0.3) is 22.0 Å². The number of hydroxylamine groups is 1. The van der Waals surface area contributed by atoms with Crippen molar-refractivity contribution in [3.05, 3.63) is 48.4 Å². The molecule has 1 aromatic heterocycles. The lowest BCUT2D eigenvalue weighted by molar-refractivity contribution is -0.131. The standard InChI is InChI=1S/C20H22FN3O5S/c1-20(19(25)23-26,30(3,27)28)8-9-24-12-14-10-16(17(21)11-18(14)22-24)13-4-6-15(29-2)7-5-13/h4-7,10-12,26H,8-9H2,1-3H3,(H,23,25)/t20-/m1/s1. The van der Waals surface area contributed by atoms with Crippen LogP contribution in [0, 0.1) is 5.82 Å². The number of carbonyl (C=O) groups excluding carboxylic acids is 1. The number of nitrogens with zero attached hydrogens (tertiary/aromatic N) is 2. The molecular weight excluding hydrogens is 413 g/mol. The molecule has 0 fully saturated rings. The number of fused-ring (bicyclic) bond motifs is 1. The molecule has 2 N–H and O–H groups in total. The van der Waals surface area contributed by atoms with Gasteiger partial charge in [0, 0.05) is 36.0 Å². The maximum Gasteiger partial charge on any atom is 0.264 e. The molecule has 2 aromatic carbocycles. The zero-order valence-corrected chi connectivity index (χ0v) is 17.5. The van der Waals surface area contributed by atoms with Crippen molar-refractivity contribution in [3.8, 4) is 16.9 Å². The number of ether oxygens (including phenoxy) is 1. The van der Waals surface area contributed by atoms with E-state index in [9.17, 15) is 17.6 Å². The predicted molar refractivity (Wildman–Crippen MR) is 109 cm³/mol. The van der Waals surface area contributed by atoms with Gasteiger partial charge in [-0.05, 0) is 37.1 Å². The van der Waals surface area contributed by atoms with E-state index in [1.165, 1.54) is 23.2 Å². The molecule has 1 amide bonds. The zero-order valence-electron chi connectivity index (χ0n) is 16.7. The maximum atomic E-state index is 14.6. The second-order valence-electron chi connectivity index (χ2n) is 7.21. The summed E-state index contributed by atoms with van der Waals surface area (Å²) in [6, 6.07) is 9.94. The molecule has 10 heteroatoms. The Kier molecular flexibility index (Phi) is 5.82. The van der Waals surface area contributed by atoms with Gasteiger partial charge in [-0.1, -0.05) is 12.1 Å². The van der Waals surface area contributed by atoms with Crippen LogP contribution in [-0.2, 0) is 21.2 Å². The first-order valence-corrected chi connectivity index (χ1v) is 10.9. The molecule has 1 heterocycles. The monoisotopic (exact) mass is 435 g/mol. The molecule has 0 unspecified atom stereocenters. The number of aryl methyl sites for hydroxylation is 1. The molecule has 0 aliphatic rings.